The van der Waals surface area contributed by atoms with Crippen molar-refractivity contribution in [3.05, 3.63) is 11.9 Å². The Labute approximate surface area is 127 Å². The topological polar surface area (TPSA) is 52.0 Å². The summed E-state index contributed by atoms with van der Waals surface area (Å²) in [5.41, 5.74) is 1.39. The van der Waals surface area contributed by atoms with Crippen LogP contribution in [0.3, 0.4) is 0 Å². The van der Waals surface area contributed by atoms with E-state index in [0.717, 1.165) is 37.6 Å². The van der Waals surface area contributed by atoms with Crippen LogP contribution in [0.1, 0.15) is 45.7 Å². The number of hydrogen-bond acceptors (Lipinski definition) is 4. The van der Waals surface area contributed by atoms with Crippen LogP contribution in [0, 0.1) is 11.3 Å². The third-order valence-electron chi connectivity index (χ3n) is 4.71. The first kappa shape index (κ1) is 15.0. The van der Waals surface area contributed by atoms with Crippen molar-refractivity contribution in [3.8, 4) is 0 Å². The summed E-state index contributed by atoms with van der Waals surface area (Å²) in [5, 5.41) is 12.1. The van der Waals surface area contributed by atoms with Crippen LogP contribution >= 0.6 is 0 Å². The maximum atomic E-state index is 6.14. The van der Waals surface area contributed by atoms with Crippen LogP contribution in [0.25, 0.3) is 0 Å². The zero-order chi connectivity index (χ0) is 15.1. The second-order valence-corrected chi connectivity index (χ2v) is 7.91. The van der Waals surface area contributed by atoms with E-state index in [4.69, 9.17) is 4.74 Å². The zero-order valence-corrected chi connectivity index (χ0v) is 13.7. The van der Waals surface area contributed by atoms with Gasteiger partial charge >= 0.3 is 0 Å². The van der Waals surface area contributed by atoms with Gasteiger partial charge in [0.05, 0.1) is 11.8 Å². The number of rotatable bonds is 5. The Morgan fingerprint density at radius 1 is 1.43 bits per heavy atom. The Hall–Kier alpha value is -0.940. The van der Waals surface area contributed by atoms with E-state index in [-0.39, 0.29) is 11.0 Å². The molecule has 2 fully saturated rings. The number of ether oxygens (including phenoxy) is 1. The van der Waals surface area contributed by atoms with Crippen LogP contribution in [0.15, 0.2) is 6.20 Å². The Morgan fingerprint density at radius 3 is 2.76 bits per heavy atom. The third kappa shape index (κ3) is 3.46. The predicted octanol–water partition coefficient (Wildman–Crippen LogP) is 1.93. The highest BCUT2D eigenvalue weighted by Crippen LogP contribution is 2.49. The first-order valence-corrected chi connectivity index (χ1v) is 8.10. The molecule has 0 radical (unpaired) electrons. The molecule has 2 atom stereocenters. The van der Waals surface area contributed by atoms with Crippen LogP contribution < -0.4 is 5.32 Å². The number of hydrogen-bond donors (Lipinski definition) is 1. The monoisotopic (exact) mass is 292 g/mol. The van der Waals surface area contributed by atoms with Crippen molar-refractivity contribution in [2.45, 2.75) is 58.1 Å². The second kappa shape index (κ2) is 5.36. The molecule has 1 saturated heterocycles. The van der Waals surface area contributed by atoms with Gasteiger partial charge in [0.1, 0.15) is 0 Å². The summed E-state index contributed by atoms with van der Waals surface area (Å²) in [6.45, 7) is 8.56. The highest BCUT2D eigenvalue weighted by molar-refractivity contribution is 5.08. The highest BCUT2D eigenvalue weighted by atomic mass is 16.5. The summed E-state index contributed by atoms with van der Waals surface area (Å²) in [5.74, 6) is 0.755. The molecule has 2 heterocycles. The molecule has 1 aromatic heterocycles. The summed E-state index contributed by atoms with van der Waals surface area (Å²) in [6, 6.07) is 0. The van der Waals surface area contributed by atoms with E-state index in [2.05, 4.69) is 36.4 Å². The van der Waals surface area contributed by atoms with Crippen molar-refractivity contribution in [2.75, 3.05) is 13.2 Å². The van der Waals surface area contributed by atoms with Crippen molar-refractivity contribution >= 4 is 0 Å². The van der Waals surface area contributed by atoms with E-state index in [1.165, 1.54) is 12.8 Å². The Morgan fingerprint density at radius 2 is 2.19 bits per heavy atom. The predicted molar refractivity (Wildman–Crippen MR) is 82.0 cm³/mol. The molecule has 0 spiro atoms. The van der Waals surface area contributed by atoms with E-state index in [9.17, 15) is 0 Å². The van der Waals surface area contributed by atoms with Gasteiger partial charge in [0.2, 0.25) is 0 Å². The fourth-order valence-corrected chi connectivity index (χ4v) is 3.46. The molecule has 1 N–H and O–H groups in total. The van der Waals surface area contributed by atoms with E-state index < -0.39 is 0 Å². The van der Waals surface area contributed by atoms with E-state index in [1.54, 1.807) is 4.68 Å². The molecule has 2 unspecified atom stereocenters. The molecule has 0 amide bonds. The molecule has 21 heavy (non-hydrogen) atoms. The highest BCUT2D eigenvalue weighted by Gasteiger charge is 2.51. The summed E-state index contributed by atoms with van der Waals surface area (Å²) in [4.78, 5) is 0. The first-order chi connectivity index (χ1) is 9.88. The third-order valence-corrected chi connectivity index (χ3v) is 4.71. The summed E-state index contributed by atoms with van der Waals surface area (Å²) < 4.78 is 7.94. The standard InChI is InChI=1S/C16H28N4O/c1-15(2,3)17-11-16(9-13-10-20(4)19-18-13)7-8-21-14(16)12-5-6-12/h10,12,14,17H,5-9,11H2,1-4H3. The quantitative estimate of drug-likeness (QED) is 0.901. The lowest BCUT2D eigenvalue weighted by molar-refractivity contribution is 0.0275. The molecule has 5 nitrogen and oxygen atoms in total. The molecule has 1 aliphatic carbocycles. The molecule has 5 heteroatoms. The van der Waals surface area contributed by atoms with Gasteiger partial charge in [-0.25, -0.2) is 0 Å². The van der Waals surface area contributed by atoms with Gasteiger partial charge in [0.25, 0.3) is 0 Å². The molecule has 1 aliphatic heterocycles. The van der Waals surface area contributed by atoms with Gasteiger partial charge in [0.15, 0.2) is 0 Å². The van der Waals surface area contributed by atoms with Crippen LogP contribution in [0.4, 0.5) is 0 Å². The summed E-state index contributed by atoms with van der Waals surface area (Å²) in [6.07, 6.45) is 7.15. The van der Waals surface area contributed by atoms with Gasteiger partial charge in [-0.3, -0.25) is 4.68 Å². The SMILES string of the molecule is Cn1cc(CC2(CNC(C)(C)C)CCOC2C2CC2)nn1. The number of nitrogens with one attached hydrogen (secondary N) is 1. The smallest absolute Gasteiger partial charge is 0.0834 e. The lowest BCUT2D eigenvalue weighted by atomic mass is 9.74. The number of aryl methyl sites for hydroxylation is 1. The lowest BCUT2D eigenvalue weighted by Gasteiger charge is -2.37. The van der Waals surface area contributed by atoms with Gasteiger partial charge in [-0.05, 0) is 46.0 Å². The fourth-order valence-electron chi connectivity index (χ4n) is 3.46. The molecule has 0 aromatic carbocycles. The molecule has 0 bridgehead atoms. The van der Waals surface area contributed by atoms with Crippen molar-refractivity contribution in [1.82, 2.24) is 20.3 Å². The Kier molecular flexibility index (Phi) is 3.82. The molecular weight excluding hydrogens is 264 g/mol. The van der Waals surface area contributed by atoms with Crippen molar-refractivity contribution in [2.24, 2.45) is 18.4 Å². The molecular formula is C16H28N4O. The van der Waals surface area contributed by atoms with Gasteiger partial charge in [-0.15, -0.1) is 5.10 Å². The Balaban J connectivity index is 1.79. The minimum absolute atomic E-state index is 0.131. The average molecular weight is 292 g/mol. The second-order valence-electron chi connectivity index (χ2n) is 7.91. The maximum absolute atomic E-state index is 6.14. The summed E-state index contributed by atoms with van der Waals surface area (Å²) >= 11 is 0. The number of nitrogens with zero attached hydrogens (tertiary/aromatic N) is 3. The van der Waals surface area contributed by atoms with Crippen molar-refractivity contribution in [3.63, 3.8) is 0 Å². The van der Waals surface area contributed by atoms with Gasteiger partial charge in [0, 0.05) is 43.8 Å². The van der Waals surface area contributed by atoms with Gasteiger partial charge < -0.3 is 10.1 Å². The van der Waals surface area contributed by atoms with Crippen molar-refractivity contribution in [1.29, 1.82) is 0 Å². The lowest BCUT2D eigenvalue weighted by Crippen LogP contribution is -2.49. The molecule has 118 valence electrons. The van der Waals surface area contributed by atoms with Crippen LogP contribution in [0.2, 0.25) is 0 Å². The van der Waals surface area contributed by atoms with Crippen LogP contribution in [-0.2, 0) is 18.2 Å². The minimum Gasteiger partial charge on any atom is -0.377 e. The zero-order valence-electron chi connectivity index (χ0n) is 13.7. The minimum atomic E-state index is 0.131. The largest absolute Gasteiger partial charge is 0.377 e. The van der Waals surface area contributed by atoms with Crippen LogP contribution in [0.5, 0.6) is 0 Å². The van der Waals surface area contributed by atoms with Crippen molar-refractivity contribution < 1.29 is 4.74 Å². The van der Waals surface area contributed by atoms with E-state index >= 15 is 0 Å². The molecule has 2 aliphatic rings. The Bertz CT molecular complexity index is 489. The van der Waals surface area contributed by atoms with Gasteiger partial charge in [-0.1, -0.05) is 5.21 Å². The average Bonchev–Trinajstić information content (AvgIpc) is 3.03. The molecule has 1 saturated carbocycles. The van der Waals surface area contributed by atoms with Crippen LogP contribution in [-0.4, -0.2) is 39.8 Å². The fraction of sp³-hybridized carbons (Fsp3) is 0.875. The van der Waals surface area contributed by atoms with E-state index in [0.29, 0.717) is 6.10 Å². The normalized spacial score (nSPS) is 30.0. The molecule has 1 aromatic rings. The van der Waals surface area contributed by atoms with Gasteiger partial charge in [-0.2, -0.15) is 0 Å². The maximum Gasteiger partial charge on any atom is 0.0834 e. The molecule has 3 rings (SSSR count). The summed E-state index contributed by atoms with van der Waals surface area (Å²) in [7, 11) is 1.93. The number of aromatic nitrogens is 3. The van der Waals surface area contributed by atoms with E-state index in [1.807, 2.05) is 13.2 Å². The first-order valence-electron chi connectivity index (χ1n) is 8.10.